The van der Waals surface area contributed by atoms with E-state index in [1.807, 2.05) is 0 Å². The van der Waals surface area contributed by atoms with E-state index in [0.717, 1.165) is 0 Å². The molecule has 1 amide bonds. The van der Waals surface area contributed by atoms with Gasteiger partial charge in [0.15, 0.2) is 0 Å². The predicted octanol–water partition coefficient (Wildman–Crippen LogP) is 3.01. The second-order valence-corrected chi connectivity index (χ2v) is 5.01. The van der Waals surface area contributed by atoms with Crippen LogP contribution in [0.2, 0.25) is 0 Å². The molecule has 7 nitrogen and oxygen atoms in total. The molecule has 1 aromatic carbocycles. The lowest BCUT2D eigenvalue weighted by Crippen LogP contribution is -2.12. The molecule has 0 spiro atoms. The topological polar surface area (TPSA) is 123 Å². The SMILES string of the molecule is N#CC(=Cc1ccc(-c2ccc([N+](=O)[O-])cc2Br)o1)C(N)=O. The number of carbonyl (C=O) groups is 1. The number of primary amides is 1. The maximum absolute atomic E-state index is 11.0. The summed E-state index contributed by atoms with van der Waals surface area (Å²) in [6.07, 6.45) is 1.23. The molecule has 0 aliphatic rings. The maximum Gasteiger partial charge on any atom is 0.270 e. The molecule has 0 fully saturated rings. The fourth-order valence-electron chi connectivity index (χ4n) is 1.69. The van der Waals surface area contributed by atoms with Gasteiger partial charge in [-0.1, -0.05) is 0 Å². The molecule has 0 saturated carbocycles. The van der Waals surface area contributed by atoms with Gasteiger partial charge < -0.3 is 10.2 Å². The van der Waals surface area contributed by atoms with Crippen LogP contribution in [0.5, 0.6) is 0 Å². The summed E-state index contributed by atoms with van der Waals surface area (Å²) in [6.45, 7) is 0. The summed E-state index contributed by atoms with van der Waals surface area (Å²) in [5, 5.41) is 19.5. The Morgan fingerprint density at radius 3 is 2.68 bits per heavy atom. The molecule has 0 aliphatic carbocycles. The highest BCUT2D eigenvalue weighted by molar-refractivity contribution is 9.10. The number of nitro groups is 1. The molecule has 1 heterocycles. The van der Waals surface area contributed by atoms with Gasteiger partial charge >= 0.3 is 0 Å². The number of hydrogen-bond donors (Lipinski definition) is 1. The molecule has 8 heteroatoms. The number of hydrogen-bond acceptors (Lipinski definition) is 5. The lowest BCUT2D eigenvalue weighted by molar-refractivity contribution is -0.384. The van der Waals surface area contributed by atoms with Crippen molar-refractivity contribution in [2.75, 3.05) is 0 Å². The third-order valence-electron chi connectivity index (χ3n) is 2.73. The minimum absolute atomic E-state index is 0.0530. The molecule has 0 radical (unpaired) electrons. The third-order valence-corrected chi connectivity index (χ3v) is 3.38. The Labute approximate surface area is 132 Å². The summed E-state index contributed by atoms with van der Waals surface area (Å²) in [4.78, 5) is 21.2. The number of carbonyl (C=O) groups excluding carboxylic acids is 1. The van der Waals surface area contributed by atoms with E-state index >= 15 is 0 Å². The highest BCUT2D eigenvalue weighted by Crippen LogP contribution is 2.32. The second-order valence-electron chi connectivity index (χ2n) is 4.16. The number of nitriles is 1. The number of furan rings is 1. The average molecular weight is 362 g/mol. The molecule has 22 heavy (non-hydrogen) atoms. The molecule has 0 unspecified atom stereocenters. The first-order valence-electron chi connectivity index (χ1n) is 5.88. The van der Waals surface area contributed by atoms with Crippen LogP contribution in [0.3, 0.4) is 0 Å². The lowest BCUT2D eigenvalue weighted by atomic mass is 10.1. The van der Waals surface area contributed by atoms with Crippen molar-refractivity contribution in [1.29, 1.82) is 5.26 Å². The molecule has 1 aromatic heterocycles. The van der Waals surface area contributed by atoms with E-state index in [9.17, 15) is 14.9 Å². The van der Waals surface area contributed by atoms with E-state index in [1.165, 1.54) is 24.3 Å². The molecule has 0 saturated heterocycles. The summed E-state index contributed by atoms with van der Waals surface area (Å²) < 4.78 is 5.99. The van der Waals surface area contributed by atoms with Crippen molar-refractivity contribution in [3.8, 4) is 17.4 Å². The summed E-state index contributed by atoms with van der Waals surface area (Å²) >= 11 is 3.24. The summed E-state index contributed by atoms with van der Waals surface area (Å²) in [7, 11) is 0. The number of rotatable bonds is 4. The van der Waals surface area contributed by atoms with Crippen LogP contribution in [0.4, 0.5) is 5.69 Å². The van der Waals surface area contributed by atoms with E-state index in [2.05, 4.69) is 15.9 Å². The molecule has 0 aliphatic heterocycles. The first-order chi connectivity index (χ1) is 10.4. The van der Waals surface area contributed by atoms with Gasteiger partial charge in [0.1, 0.15) is 23.2 Å². The normalized spacial score (nSPS) is 11.0. The standard InChI is InChI=1S/C14H8BrN3O4/c15-12-6-9(18(20)21)1-3-11(12)13-4-2-10(22-13)5-8(7-16)14(17)19/h1-6H,(H2,17,19). The van der Waals surface area contributed by atoms with Crippen LogP contribution in [0, 0.1) is 21.4 Å². The predicted molar refractivity (Wildman–Crippen MR) is 81.3 cm³/mol. The zero-order chi connectivity index (χ0) is 16.3. The summed E-state index contributed by atoms with van der Waals surface area (Å²) in [5.41, 5.74) is 5.35. The van der Waals surface area contributed by atoms with Gasteiger partial charge in [0.25, 0.3) is 11.6 Å². The third kappa shape index (κ3) is 3.21. The molecule has 110 valence electrons. The van der Waals surface area contributed by atoms with E-state index in [0.29, 0.717) is 15.8 Å². The highest BCUT2D eigenvalue weighted by Gasteiger charge is 2.13. The van der Waals surface area contributed by atoms with Crippen LogP contribution in [-0.2, 0) is 4.79 Å². The Hall–Kier alpha value is -2.92. The number of non-ortho nitro benzene ring substituents is 1. The lowest BCUT2D eigenvalue weighted by Gasteiger charge is -2.00. The van der Waals surface area contributed by atoms with Gasteiger partial charge in [0.2, 0.25) is 0 Å². The molecule has 2 N–H and O–H groups in total. The Kier molecular flexibility index (Phi) is 4.39. The first-order valence-corrected chi connectivity index (χ1v) is 6.67. The second kappa shape index (κ2) is 6.24. The Balaban J connectivity index is 2.39. The van der Waals surface area contributed by atoms with Crippen LogP contribution in [0.1, 0.15) is 5.76 Å². The van der Waals surface area contributed by atoms with Gasteiger partial charge in [0, 0.05) is 28.2 Å². The quantitative estimate of drug-likeness (QED) is 0.388. The molecule has 2 rings (SSSR count). The van der Waals surface area contributed by atoms with Gasteiger partial charge in [-0.2, -0.15) is 5.26 Å². The van der Waals surface area contributed by atoms with E-state index in [-0.39, 0.29) is 17.0 Å². The summed E-state index contributed by atoms with van der Waals surface area (Å²) in [6, 6.07) is 9.09. The molecular formula is C14H8BrN3O4. The van der Waals surface area contributed by atoms with Crippen molar-refractivity contribution in [2.24, 2.45) is 5.73 Å². The monoisotopic (exact) mass is 361 g/mol. The zero-order valence-corrected chi connectivity index (χ0v) is 12.5. The van der Waals surface area contributed by atoms with Crippen LogP contribution in [0.25, 0.3) is 17.4 Å². The van der Waals surface area contributed by atoms with Crippen LogP contribution < -0.4 is 5.73 Å². The van der Waals surface area contributed by atoms with E-state index in [1.54, 1.807) is 18.2 Å². The molecular weight excluding hydrogens is 354 g/mol. The maximum atomic E-state index is 11.0. The minimum Gasteiger partial charge on any atom is -0.457 e. The number of nitrogens with zero attached hydrogens (tertiary/aromatic N) is 2. The highest BCUT2D eigenvalue weighted by atomic mass is 79.9. The Morgan fingerprint density at radius 2 is 2.14 bits per heavy atom. The smallest absolute Gasteiger partial charge is 0.270 e. The fraction of sp³-hybridized carbons (Fsp3) is 0. The Bertz CT molecular complexity index is 833. The van der Waals surface area contributed by atoms with Gasteiger partial charge in [-0.3, -0.25) is 14.9 Å². The van der Waals surface area contributed by atoms with Gasteiger partial charge in [-0.25, -0.2) is 0 Å². The molecule has 0 bridgehead atoms. The number of halogens is 1. The van der Waals surface area contributed by atoms with Crippen molar-refractivity contribution in [3.05, 3.63) is 56.3 Å². The number of amides is 1. The van der Waals surface area contributed by atoms with Crippen molar-refractivity contribution in [3.63, 3.8) is 0 Å². The van der Waals surface area contributed by atoms with Crippen LogP contribution in [-0.4, -0.2) is 10.8 Å². The molecule has 2 aromatic rings. The minimum atomic E-state index is -0.850. The van der Waals surface area contributed by atoms with Crippen LogP contribution in [0.15, 0.2) is 44.8 Å². The Morgan fingerprint density at radius 1 is 1.41 bits per heavy atom. The van der Waals surface area contributed by atoms with Crippen molar-refractivity contribution < 1.29 is 14.1 Å². The average Bonchev–Trinajstić information content (AvgIpc) is 2.92. The molecule has 0 atom stereocenters. The van der Waals surface area contributed by atoms with Crippen molar-refractivity contribution >= 4 is 33.6 Å². The number of benzene rings is 1. The number of nitrogens with two attached hydrogens (primary N) is 1. The largest absolute Gasteiger partial charge is 0.457 e. The van der Waals surface area contributed by atoms with E-state index in [4.69, 9.17) is 15.4 Å². The number of nitro benzene ring substituents is 1. The van der Waals surface area contributed by atoms with Crippen molar-refractivity contribution in [1.82, 2.24) is 0 Å². The van der Waals surface area contributed by atoms with Gasteiger partial charge in [-0.05, 0) is 34.1 Å². The van der Waals surface area contributed by atoms with Crippen molar-refractivity contribution in [2.45, 2.75) is 0 Å². The van der Waals surface area contributed by atoms with E-state index < -0.39 is 10.8 Å². The van der Waals surface area contributed by atoms with Crippen LogP contribution >= 0.6 is 15.9 Å². The first kappa shape index (κ1) is 15.5. The van der Waals surface area contributed by atoms with Gasteiger partial charge in [-0.15, -0.1) is 0 Å². The summed E-state index contributed by atoms with van der Waals surface area (Å²) in [5.74, 6) is -0.151. The zero-order valence-electron chi connectivity index (χ0n) is 10.9. The fourth-order valence-corrected chi connectivity index (χ4v) is 2.26. The van der Waals surface area contributed by atoms with Gasteiger partial charge in [0.05, 0.1) is 4.92 Å².